The minimum atomic E-state index is -1.30. The molecule has 16 heavy (non-hydrogen) atoms. The zero-order valence-electron chi connectivity index (χ0n) is 8.90. The summed E-state index contributed by atoms with van der Waals surface area (Å²) in [6, 6.07) is -1.30. The molecule has 0 saturated carbocycles. The first kappa shape index (κ1) is 12.2. The van der Waals surface area contributed by atoms with Gasteiger partial charge >= 0.3 is 5.97 Å². The zero-order valence-corrected chi connectivity index (χ0v) is 8.90. The van der Waals surface area contributed by atoms with Gasteiger partial charge in [-0.1, -0.05) is 0 Å². The van der Waals surface area contributed by atoms with E-state index in [1.165, 1.54) is 0 Å². The Morgan fingerprint density at radius 3 is 3.00 bits per heavy atom. The summed E-state index contributed by atoms with van der Waals surface area (Å²) in [5.41, 5.74) is 5.37. The smallest absolute Gasteiger partial charge is 0.332 e. The number of carbonyl (C=O) groups is 2. The van der Waals surface area contributed by atoms with Gasteiger partial charge in [-0.3, -0.25) is 4.79 Å². The third kappa shape index (κ3) is 3.35. The van der Waals surface area contributed by atoms with E-state index in [4.69, 9.17) is 5.73 Å². The lowest BCUT2D eigenvalue weighted by Gasteiger charge is -2.10. The van der Waals surface area contributed by atoms with Crippen LogP contribution >= 0.6 is 0 Å². The van der Waals surface area contributed by atoms with Gasteiger partial charge in [0.1, 0.15) is 5.82 Å². The van der Waals surface area contributed by atoms with Gasteiger partial charge in [0.15, 0.2) is 6.04 Å². The van der Waals surface area contributed by atoms with Crippen LogP contribution in [-0.2, 0) is 20.9 Å². The normalized spacial score (nSPS) is 11.9. The second kappa shape index (κ2) is 5.86. The first-order chi connectivity index (χ1) is 7.65. The van der Waals surface area contributed by atoms with Crippen molar-refractivity contribution < 1.29 is 14.3 Å². The fourth-order valence-electron chi connectivity index (χ4n) is 1.01. The number of nitrogens with zero attached hydrogens (tertiary/aromatic N) is 1. The lowest BCUT2D eigenvalue weighted by Crippen LogP contribution is -2.46. The summed E-state index contributed by atoms with van der Waals surface area (Å²) in [6.45, 7) is 2.03. The van der Waals surface area contributed by atoms with Gasteiger partial charge in [0, 0.05) is 12.4 Å². The first-order valence-corrected chi connectivity index (χ1v) is 4.83. The number of nitrogens with two attached hydrogens (primary N) is 1. The van der Waals surface area contributed by atoms with Crippen LogP contribution < -0.4 is 11.1 Å². The van der Waals surface area contributed by atoms with Crippen LogP contribution in [0.3, 0.4) is 0 Å². The molecule has 88 valence electrons. The molecule has 1 aromatic heterocycles. The van der Waals surface area contributed by atoms with E-state index in [-0.39, 0.29) is 13.2 Å². The van der Waals surface area contributed by atoms with Gasteiger partial charge in [0.25, 0.3) is 0 Å². The number of hydrogen-bond acceptors (Lipinski definition) is 5. The number of rotatable bonds is 5. The molecule has 0 aliphatic rings. The zero-order chi connectivity index (χ0) is 12.0. The van der Waals surface area contributed by atoms with E-state index >= 15 is 0 Å². The highest BCUT2D eigenvalue weighted by Crippen LogP contribution is 1.90. The van der Waals surface area contributed by atoms with E-state index in [0.29, 0.717) is 5.82 Å². The van der Waals surface area contributed by atoms with Crippen molar-refractivity contribution in [3.8, 4) is 0 Å². The highest BCUT2D eigenvalue weighted by Gasteiger charge is 2.22. The molecule has 1 aromatic rings. The molecule has 1 atom stereocenters. The Kier molecular flexibility index (Phi) is 4.46. The number of esters is 1. The highest BCUT2D eigenvalue weighted by atomic mass is 16.5. The van der Waals surface area contributed by atoms with E-state index < -0.39 is 17.9 Å². The Balaban J connectivity index is 2.37. The molecule has 1 rings (SSSR count). The summed E-state index contributed by atoms with van der Waals surface area (Å²) >= 11 is 0. The molecule has 0 radical (unpaired) electrons. The minimum absolute atomic E-state index is 0.192. The minimum Gasteiger partial charge on any atom is -0.464 e. The fraction of sp³-hybridized carbons (Fsp3) is 0.444. The number of aromatic amines is 1. The number of nitrogens with one attached hydrogen (secondary N) is 2. The van der Waals surface area contributed by atoms with Crippen molar-refractivity contribution in [1.29, 1.82) is 0 Å². The van der Waals surface area contributed by atoms with Crippen molar-refractivity contribution in [3.63, 3.8) is 0 Å². The van der Waals surface area contributed by atoms with Gasteiger partial charge in [-0.2, -0.15) is 0 Å². The number of aromatic nitrogens is 2. The molecule has 0 fully saturated rings. The molecule has 1 heterocycles. The van der Waals surface area contributed by atoms with E-state index in [1.54, 1.807) is 19.3 Å². The Bertz CT molecular complexity index is 350. The summed E-state index contributed by atoms with van der Waals surface area (Å²) in [7, 11) is 0. The third-order valence-electron chi connectivity index (χ3n) is 1.81. The molecular weight excluding hydrogens is 212 g/mol. The summed E-state index contributed by atoms with van der Waals surface area (Å²) in [6.07, 6.45) is 3.19. The molecule has 0 aliphatic heterocycles. The van der Waals surface area contributed by atoms with Gasteiger partial charge in [-0.05, 0) is 6.92 Å². The van der Waals surface area contributed by atoms with Crippen molar-refractivity contribution in [2.24, 2.45) is 5.73 Å². The summed E-state index contributed by atoms with van der Waals surface area (Å²) in [5, 5.41) is 2.47. The quantitative estimate of drug-likeness (QED) is 0.437. The monoisotopic (exact) mass is 226 g/mol. The van der Waals surface area contributed by atoms with Crippen LogP contribution in [0.1, 0.15) is 12.7 Å². The molecular formula is C9H14N4O3. The van der Waals surface area contributed by atoms with E-state index in [0.717, 1.165) is 0 Å². The summed E-state index contributed by atoms with van der Waals surface area (Å²) in [5.74, 6) is -0.737. The SMILES string of the molecule is CCOC(=O)C(N)C(=O)NCc1ncc[nH]1. The second-order valence-corrected chi connectivity index (χ2v) is 2.98. The van der Waals surface area contributed by atoms with Crippen molar-refractivity contribution >= 4 is 11.9 Å². The maximum atomic E-state index is 11.4. The van der Waals surface area contributed by atoms with Crippen LogP contribution in [0.4, 0.5) is 0 Å². The average Bonchev–Trinajstić information content (AvgIpc) is 2.78. The predicted octanol–water partition coefficient (Wildman–Crippen LogP) is -1.08. The molecule has 0 saturated heterocycles. The Morgan fingerprint density at radius 1 is 1.69 bits per heavy atom. The number of carbonyl (C=O) groups excluding carboxylic acids is 2. The molecule has 7 nitrogen and oxygen atoms in total. The Hall–Kier alpha value is -1.89. The van der Waals surface area contributed by atoms with Crippen LogP contribution in [0.5, 0.6) is 0 Å². The van der Waals surface area contributed by atoms with Crippen LogP contribution in [0, 0.1) is 0 Å². The van der Waals surface area contributed by atoms with E-state index in [2.05, 4.69) is 20.0 Å². The van der Waals surface area contributed by atoms with Crippen molar-refractivity contribution in [3.05, 3.63) is 18.2 Å². The number of ether oxygens (including phenoxy) is 1. The maximum absolute atomic E-state index is 11.4. The molecule has 0 aromatic carbocycles. The molecule has 1 unspecified atom stereocenters. The van der Waals surface area contributed by atoms with Gasteiger partial charge in [-0.25, -0.2) is 9.78 Å². The Labute approximate surface area is 92.4 Å². The average molecular weight is 226 g/mol. The second-order valence-electron chi connectivity index (χ2n) is 2.98. The molecule has 0 aliphatic carbocycles. The lowest BCUT2D eigenvalue weighted by atomic mass is 10.3. The lowest BCUT2D eigenvalue weighted by molar-refractivity contribution is -0.148. The van der Waals surface area contributed by atoms with Crippen molar-refractivity contribution in [2.45, 2.75) is 19.5 Å². The maximum Gasteiger partial charge on any atom is 0.332 e. The fourth-order valence-corrected chi connectivity index (χ4v) is 1.01. The van der Waals surface area contributed by atoms with Gasteiger partial charge < -0.3 is 20.8 Å². The van der Waals surface area contributed by atoms with Gasteiger partial charge in [0.2, 0.25) is 5.91 Å². The van der Waals surface area contributed by atoms with E-state index in [1.807, 2.05) is 0 Å². The van der Waals surface area contributed by atoms with Crippen LogP contribution in [0.25, 0.3) is 0 Å². The molecule has 0 spiro atoms. The first-order valence-electron chi connectivity index (χ1n) is 4.83. The Morgan fingerprint density at radius 2 is 2.44 bits per heavy atom. The topological polar surface area (TPSA) is 110 Å². The van der Waals surface area contributed by atoms with Crippen LogP contribution in [0.15, 0.2) is 12.4 Å². The van der Waals surface area contributed by atoms with Crippen molar-refractivity contribution in [2.75, 3.05) is 6.61 Å². The number of hydrogen-bond donors (Lipinski definition) is 3. The summed E-state index contributed by atoms with van der Waals surface area (Å²) < 4.78 is 4.61. The highest BCUT2D eigenvalue weighted by molar-refractivity contribution is 6.01. The van der Waals surface area contributed by atoms with Crippen LogP contribution in [0.2, 0.25) is 0 Å². The molecule has 0 bridgehead atoms. The standard InChI is InChI=1S/C9H14N4O3/c1-2-16-9(15)7(10)8(14)13-5-6-11-3-4-12-6/h3-4,7H,2,5,10H2,1H3,(H,11,12)(H,13,14). The number of imidazole rings is 1. The molecule has 1 amide bonds. The largest absolute Gasteiger partial charge is 0.464 e. The van der Waals surface area contributed by atoms with Gasteiger partial charge in [0.05, 0.1) is 13.2 Å². The molecule has 7 heteroatoms. The third-order valence-corrected chi connectivity index (χ3v) is 1.81. The van der Waals surface area contributed by atoms with Crippen molar-refractivity contribution in [1.82, 2.24) is 15.3 Å². The van der Waals surface area contributed by atoms with Gasteiger partial charge in [-0.15, -0.1) is 0 Å². The number of amides is 1. The number of H-pyrrole nitrogens is 1. The summed E-state index contributed by atoms with van der Waals surface area (Å²) in [4.78, 5) is 29.2. The van der Waals surface area contributed by atoms with Crippen LogP contribution in [-0.4, -0.2) is 34.5 Å². The molecule has 4 N–H and O–H groups in total. The predicted molar refractivity (Wildman–Crippen MR) is 55.0 cm³/mol. The van der Waals surface area contributed by atoms with E-state index in [9.17, 15) is 9.59 Å².